The molecule has 0 unspecified atom stereocenters. The molecule has 0 saturated carbocycles. The Kier molecular flexibility index (Phi) is 10.9. The standard InChI is InChI=1S/C77H65N/c1-9-18-61-60(25-17-26-62(61)59-24-16-13-19-48(59)2)55-31-37-65-68-40-34-58(47-74(68)77(7,8)71(65)44-55)78(56-32-38-66-63-35-29-53(49-20-11-10-12-21-49)42-69(63)75(3,4)72(66)45-56)57-33-39-67-64-36-30-54(43-70(64)76(5,6)73(67)46-57)52-28-27-50-22-14-15-23-51(50)41-52/h10-17,19-47H,9,18H2,1-8H3. The molecule has 3 aliphatic carbocycles. The lowest BCUT2D eigenvalue weighted by atomic mass is 9.80. The maximum absolute atomic E-state index is 2.55. The van der Waals surface area contributed by atoms with Gasteiger partial charge in [-0.3, -0.25) is 0 Å². The van der Waals surface area contributed by atoms with Gasteiger partial charge in [0.2, 0.25) is 0 Å². The minimum atomic E-state index is -0.247. The molecule has 378 valence electrons. The topological polar surface area (TPSA) is 3.24 Å². The molecule has 0 saturated heterocycles. The van der Waals surface area contributed by atoms with E-state index in [-0.39, 0.29) is 16.2 Å². The number of benzene rings is 11. The fraction of sp³-hybridized carbons (Fsp3) is 0.169. The number of fused-ring (bicyclic) bond motifs is 10. The molecule has 0 radical (unpaired) electrons. The maximum Gasteiger partial charge on any atom is 0.0465 e. The Balaban J connectivity index is 0.887. The molecule has 0 amide bonds. The van der Waals surface area contributed by atoms with E-state index in [1.807, 2.05) is 0 Å². The van der Waals surface area contributed by atoms with Gasteiger partial charge in [0.1, 0.15) is 0 Å². The van der Waals surface area contributed by atoms with Crippen LogP contribution in [0.3, 0.4) is 0 Å². The van der Waals surface area contributed by atoms with Crippen LogP contribution in [0.4, 0.5) is 17.1 Å². The average Bonchev–Trinajstić information content (AvgIpc) is 4.09. The Morgan fingerprint density at radius 3 is 1.23 bits per heavy atom. The van der Waals surface area contributed by atoms with Crippen molar-refractivity contribution in [3.8, 4) is 77.9 Å². The van der Waals surface area contributed by atoms with Crippen molar-refractivity contribution in [3.63, 3.8) is 0 Å². The molecule has 14 rings (SSSR count). The predicted octanol–water partition coefficient (Wildman–Crippen LogP) is 21.2. The molecule has 11 aromatic rings. The SMILES string of the molecule is CCCc1c(-c2ccc3c(c2)C(C)(C)c2cc(N(c4ccc5c(c4)C(C)(C)c4cc(-c6ccccc6)ccc4-5)c4ccc5c(c4)C(C)(C)c4cc(-c6ccc7ccccc7c6)ccc4-5)ccc2-3)cccc1-c1ccccc1C. The zero-order valence-corrected chi connectivity index (χ0v) is 46.2. The van der Waals surface area contributed by atoms with E-state index >= 15 is 0 Å². The van der Waals surface area contributed by atoms with Crippen molar-refractivity contribution in [2.24, 2.45) is 0 Å². The lowest BCUT2D eigenvalue weighted by molar-refractivity contribution is 0.659. The summed E-state index contributed by atoms with van der Waals surface area (Å²) in [5, 5.41) is 2.53. The van der Waals surface area contributed by atoms with Crippen LogP contribution in [0.2, 0.25) is 0 Å². The number of rotatable bonds is 9. The molecular formula is C77H65N. The van der Waals surface area contributed by atoms with Crippen LogP contribution >= 0.6 is 0 Å². The van der Waals surface area contributed by atoms with Crippen LogP contribution in [0.25, 0.3) is 88.7 Å². The molecule has 0 atom stereocenters. The average molecular weight is 1000 g/mol. The van der Waals surface area contributed by atoms with E-state index in [4.69, 9.17) is 0 Å². The summed E-state index contributed by atoms with van der Waals surface area (Å²) in [6.07, 6.45) is 2.11. The Labute approximate surface area is 461 Å². The Bertz CT molecular complexity index is 4260. The van der Waals surface area contributed by atoms with Crippen molar-refractivity contribution >= 4 is 27.8 Å². The van der Waals surface area contributed by atoms with Gasteiger partial charge in [0.05, 0.1) is 0 Å². The van der Waals surface area contributed by atoms with Gasteiger partial charge >= 0.3 is 0 Å². The molecule has 0 fully saturated rings. The third-order valence-corrected chi connectivity index (χ3v) is 18.4. The number of hydrogen-bond donors (Lipinski definition) is 0. The van der Waals surface area contributed by atoms with Crippen LogP contribution < -0.4 is 4.90 Å². The summed E-state index contributed by atoms with van der Waals surface area (Å²) < 4.78 is 0. The fourth-order valence-electron chi connectivity index (χ4n) is 14.1. The zero-order chi connectivity index (χ0) is 53.2. The second-order valence-corrected chi connectivity index (χ2v) is 24.0. The molecule has 0 aliphatic heterocycles. The molecule has 3 aliphatic rings. The van der Waals surface area contributed by atoms with E-state index in [0.29, 0.717) is 0 Å². The third kappa shape index (κ3) is 7.35. The number of aryl methyl sites for hydroxylation is 1. The maximum atomic E-state index is 2.55. The van der Waals surface area contributed by atoms with E-state index in [9.17, 15) is 0 Å². The van der Waals surface area contributed by atoms with Crippen molar-refractivity contribution in [3.05, 3.63) is 269 Å². The van der Waals surface area contributed by atoms with E-state index in [1.165, 1.54) is 133 Å². The molecular weight excluding hydrogens is 939 g/mol. The highest BCUT2D eigenvalue weighted by Gasteiger charge is 2.40. The van der Waals surface area contributed by atoms with Crippen LogP contribution in [-0.2, 0) is 22.7 Å². The van der Waals surface area contributed by atoms with Crippen LogP contribution in [-0.4, -0.2) is 0 Å². The van der Waals surface area contributed by atoms with E-state index in [1.54, 1.807) is 0 Å². The quantitative estimate of drug-likeness (QED) is 0.139. The lowest BCUT2D eigenvalue weighted by Gasteiger charge is -2.31. The van der Waals surface area contributed by atoms with Gasteiger partial charge in [0.15, 0.2) is 0 Å². The summed E-state index contributed by atoms with van der Waals surface area (Å²) in [4.78, 5) is 2.55. The van der Waals surface area contributed by atoms with Crippen LogP contribution in [0.15, 0.2) is 224 Å². The summed E-state index contributed by atoms with van der Waals surface area (Å²) in [5.74, 6) is 0. The Morgan fingerprint density at radius 1 is 0.295 bits per heavy atom. The van der Waals surface area contributed by atoms with Gasteiger partial charge in [0.25, 0.3) is 0 Å². The largest absolute Gasteiger partial charge is 0.310 e. The molecule has 1 heteroatoms. The number of anilines is 3. The molecule has 0 N–H and O–H groups in total. The van der Waals surface area contributed by atoms with Crippen molar-refractivity contribution in [1.82, 2.24) is 0 Å². The lowest BCUT2D eigenvalue weighted by Crippen LogP contribution is -2.19. The minimum absolute atomic E-state index is 0.211. The molecule has 0 spiro atoms. The van der Waals surface area contributed by atoms with Crippen LogP contribution in [0, 0.1) is 6.92 Å². The summed E-state index contributed by atoms with van der Waals surface area (Å²) in [7, 11) is 0. The van der Waals surface area contributed by atoms with Gasteiger partial charge in [-0.2, -0.15) is 0 Å². The minimum Gasteiger partial charge on any atom is -0.310 e. The van der Waals surface area contributed by atoms with Gasteiger partial charge in [-0.25, -0.2) is 0 Å². The summed E-state index contributed by atoms with van der Waals surface area (Å²) in [6, 6.07) is 85.5. The van der Waals surface area contributed by atoms with E-state index in [2.05, 4.69) is 285 Å². The fourth-order valence-corrected chi connectivity index (χ4v) is 14.1. The van der Waals surface area contributed by atoms with Crippen molar-refractivity contribution < 1.29 is 0 Å². The first-order valence-electron chi connectivity index (χ1n) is 28.2. The van der Waals surface area contributed by atoms with Gasteiger partial charge in [-0.15, -0.1) is 0 Å². The normalized spacial score (nSPS) is 14.6. The first-order chi connectivity index (χ1) is 37.8. The summed E-state index contributed by atoms with van der Waals surface area (Å²) in [6.45, 7) is 19.1. The summed E-state index contributed by atoms with van der Waals surface area (Å²) in [5.41, 5.74) is 32.0. The predicted molar refractivity (Wildman–Crippen MR) is 332 cm³/mol. The number of hydrogen-bond acceptors (Lipinski definition) is 1. The number of nitrogens with zero attached hydrogens (tertiary/aromatic N) is 1. The first-order valence-corrected chi connectivity index (χ1v) is 28.2. The molecule has 11 aromatic carbocycles. The van der Waals surface area contributed by atoms with Gasteiger partial charge in [-0.1, -0.05) is 219 Å². The van der Waals surface area contributed by atoms with E-state index in [0.717, 1.165) is 29.9 Å². The van der Waals surface area contributed by atoms with Crippen molar-refractivity contribution in [2.75, 3.05) is 4.90 Å². The highest BCUT2D eigenvalue weighted by Crippen LogP contribution is 2.56. The van der Waals surface area contributed by atoms with Crippen molar-refractivity contribution in [2.45, 2.75) is 84.5 Å². The van der Waals surface area contributed by atoms with Crippen molar-refractivity contribution in [1.29, 1.82) is 0 Å². The highest BCUT2D eigenvalue weighted by atomic mass is 15.1. The Morgan fingerprint density at radius 2 is 0.692 bits per heavy atom. The highest BCUT2D eigenvalue weighted by molar-refractivity contribution is 5.94. The molecule has 0 bridgehead atoms. The monoisotopic (exact) mass is 1000 g/mol. The van der Waals surface area contributed by atoms with Gasteiger partial charge in [0, 0.05) is 33.3 Å². The smallest absolute Gasteiger partial charge is 0.0465 e. The van der Waals surface area contributed by atoms with E-state index < -0.39 is 0 Å². The zero-order valence-electron chi connectivity index (χ0n) is 46.2. The van der Waals surface area contributed by atoms with Crippen LogP contribution in [0.1, 0.15) is 99.4 Å². The molecule has 0 aromatic heterocycles. The molecule has 1 nitrogen and oxygen atoms in total. The molecule has 0 heterocycles. The van der Waals surface area contributed by atoms with Gasteiger partial charge in [-0.05, 0) is 207 Å². The second-order valence-electron chi connectivity index (χ2n) is 24.0. The van der Waals surface area contributed by atoms with Gasteiger partial charge < -0.3 is 4.90 Å². The third-order valence-electron chi connectivity index (χ3n) is 18.4. The Hall–Kier alpha value is -8.52. The van der Waals surface area contributed by atoms with Crippen LogP contribution in [0.5, 0.6) is 0 Å². The molecule has 78 heavy (non-hydrogen) atoms. The second kappa shape index (κ2) is 17.8. The first kappa shape index (κ1) is 47.9. The summed E-state index contributed by atoms with van der Waals surface area (Å²) >= 11 is 0.